The van der Waals surface area contributed by atoms with Crippen LogP contribution in [0.3, 0.4) is 0 Å². The van der Waals surface area contributed by atoms with E-state index in [0.29, 0.717) is 49.8 Å². The average molecular weight is 387 g/mol. The Kier molecular flexibility index (Phi) is 6.35. The zero-order valence-electron chi connectivity index (χ0n) is 15.4. The lowest BCUT2D eigenvalue weighted by molar-refractivity contribution is -0.130. The van der Waals surface area contributed by atoms with Crippen LogP contribution < -0.4 is 4.90 Å². The summed E-state index contributed by atoms with van der Waals surface area (Å²) in [5, 5.41) is 0.667. The Bertz CT molecular complexity index is 799. The van der Waals surface area contributed by atoms with E-state index in [1.807, 2.05) is 35.2 Å². The van der Waals surface area contributed by atoms with Crippen molar-refractivity contribution >= 4 is 29.2 Å². The van der Waals surface area contributed by atoms with E-state index < -0.39 is 0 Å². The van der Waals surface area contributed by atoms with E-state index in [4.69, 9.17) is 16.3 Å². The van der Waals surface area contributed by atoms with E-state index in [-0.39, 0.29) is 11.9 Å². The van der Waals surface area contributed by atoms with E-state index in [2.05, 4.69) is 4.90 Å². The molecule has 6 heteroatoms. The van der Waals surface area contributed by atoms with Crippen LogP contribution in [-0.4, -0.2) is 49.6 Å². The maximum atomic E-state index is 12.6. The number of nitrogens with zero attached hydrogens (tertiary/aromatic N) is 2. The molecule has 0 N–H and O–H groups in total. The molecule has 1 aliphatic rings. The molecule has 1 fully saturated rings. The summed E-state index contributed by atoms with van der Waals surface area (Å²) in [7, 11) is 0. The quantitative estimate of drug-likeness (QED) is 0.739. The zero-order chi connectivity index (χ0) is 19.2. The van der Waals surface area contributed by atoms with Crippen molar-refractivity contribution < 1.29 is 14.3 Å². The average Bonchev–Trinajstić information content (AvgIpc) is 2.70. The molecule has 0 saturated carbocycles. The van der Waals surface area contributed by atoms with Crippen molar-refractivity contribution in [2.45, 2.75) is 13.3 Å². The summed E-state index contributed by atoms with van der Waals surface area (Å²) in [5.74, 6) is -0.204. The molecular weight excluding hydrogens is 364 g/mol. The first kappa shape index (κ1) is 19.2. The summed E-state index contributed by atoms with van der Waals surface area (Å²) in [5.41, 5.74) is 2.39. The van der Waals surface area contributed by atoms with Crippen molar-refractivity contribution in [1.29, 1.82) is 0 Å². The first-order chi connectivity index (χ1) is 13.1. The number of benzene rings is 2. The number of carbonyl (C=O) groups is 2. The molecule has 0 spiro atoms. The highest BCUT2D eigenvalue weighted by molar-refractivity contribution is 6.30. The van der Waals surface area contributed by atoms with Crippen LogP contribution in [0.5, 0.6) is 0 Å². The highest BCUT2D eigenvalue weighted by Crippen LogP contribution is 2.23. The SMILES string of the molecule is CCOC(=O)c1ccccc1N1CCN(C(=O)Cc2ccc(Cl)cc2)CC1. The number of para-hydroxylation sites is 1. The monoisotopic (exact) mass is 386 g/mol. The van der Waals surface area contributed by atoms with Crippen LogP contribution in [0.4, 0.5) is 5.69 Å². The highest BCUT2D eigenvalue weighted by Gasteiger charge is 2.24. The normalized spacial score (nSPS) is 14.1. The van der Waals surface area contributed by atoms with Crippen molar-refractivity contribution in [3.05, 3.63) is 64.7 Å². The standard InChI is InChI=1S/C21H23ClN2O3/c1-2-27-21(26)18-5-3-4-6-19(18)23-11-13-24(14-12-23)20(25)15-16-7-9-17(22)10-8-16/h3-10H,2,11-15H2,1H3. The molecule has 3 rings (SSSR count). The second kappa shape index (κ2) is 8.91. The molecule has 27 heavy (non-hydrogen) atoms. The van der Waals surface area contributed by atoms with Crippen LogP contribution >= 0.6 is 11.6 Å². The van der Waals surface area contributed by atoms with Crippen LogP contribution in [0.15, 0.2) is 48.5 Å². The minimum absolute atomic E-state index is 0.107. The number of hydrogen-bond donors (Lipinski definition) is 0. The fourth-order valence-corrected chi connectivity index (χ4v) is 3.34. The van der Waals surface area contributed by atoms with Gasteiger partial charge in [0.2, 0.25) is 5.91 Å². The minimum Gasteiger partial charge on any atom is -0.462 e. The van der Waals surface area contributed by atoms with Crippen molar-refractivity contribution in [3.63, 3.8) is 0 Å². The largest absolute Gasteiger partial charge is 0.462 e. The first-order valence-corrected chi connectivity index (χ1v) is 9.49. The van der Waals surface area contributed by atoms with E-state index in [1.165, 1.54) is 0 Å². The molecule has 0 aromatic heterocycles. The molecule has 5 nitrogen and oxygen atoms in total. The summed E-state index contributed by atoms with van der Waals surface area (Å²) in [4.78, 5) is 28.8. The van der Waals surface area contributed by atoms with Gasteiger partial charge in [-0.15, -0.1) is 0 Å². The van der Waals surface area contributed by atoms with Gasteiger partial charge < -0.3 is 14.5 Å². The molecular formula is C21H23ClN2O3. The van der Waals surface area contributed by atoms with E-state index >= 15 is 0 Å². The van der Waals surface area contributed by atoms with E-state index in [9.17, 15) is 9.59 Å². The lowest BCUT2D eigenvalue weighted by Crippen LogP contribution is -2.49. The third-order valence-corrected chi connectivity index (χ3v) is 4.89. The van der Waals surface area contributed by atoms with Gasteiger partial charge in [-0.3, -0.25) is 4.79 Å². The number of halogens is 1. The number of amides is 1. The zero-order valence-corrected chi connectivity index (χ0v) is 16.1. The minimum atomic E-state index is -0.311. The first-order valence-electron chi connectivity index (χ1n) is 9.12. The maximum absolute atomic E-state index is 12.6. The van der Waals surface area contributed by atoms with Crippen LogP contribution in [0, 0.1) is 0 Å². The molecule has 2 aromatic carbocycles. The predicted octanol–water partition coefficient (Wildman–Crippen LogP) is 3.41. The molecule has 1 aliphatic heterocycles. The van der Waals surface area contributed by atoms with Gasteiger partial charge in [-0.1, -0.05) is 35.9 Å². The van der Waals surface area contributed by atoms with Crippen LogP contribution in [-0.2, 0) is 16.0 Å². The summed E-state index contributed by atoms with van der Waals surface area (Å²) in [6.45, 7) is 4.77. The van der Waals surface area contributed by atoms with Gasteiger partial charge in [0.1, 0.15) is 0 Å². The Morgan fingerprint density at radius 2 is 1.67 bits per heavy atom. The van der Waals surface area contributed by atoms with Crippen molar-refractivity contribution in [2.24, 2.45) is 0 Å². The Morgan fingerprint density at radius 1 is 1.00 bits per heavy atom. The molecule has 0 radical (unpaired) electrons. The topological polar surface area (TPSA) is 49.9 Å². The molecule has 1 amide bonds. The second-order valence-corrected chi connectivity index (χ2v) is 6.85. The number of esters is 1. The fourth-order valence-electron chi connectivity index (χ4n) is 3.22. The van der Waals surface area contributed by atoms with E-state index in [1.54, 1.807) is 25.1 Å². The van der Waals surface area contributed by atoms with Gasteiger partial charge in [-0.2, -0.15) is 0 Å². The van der Waals surface area contributed by atoms with Crippen LogP contribution in [0.25, 0.3) is 0 Å². The second-order valence-electron chi connectivity index (χ2n) is 6.41. The molecule has 0 aliphatic carbocycles. The number of hydrogen-bond acceptors (Lipinski definition) is 4. The number of piperazine rings is 1. The number of rotatable bonds is 5. The van der Waals surface area contributed by atoms with Crippen molar-refractivity contribution in [3.8, 4) is 0 Å². The summed E-state index contributed by atoms with van der Waals surface area (Å²) >= 11 is 5.89. The van der Waals surface area contributed by atoms with Crippen LogP contribution in [0.2, 0.25) is 5.02 Å². The summed E-state index contributed by atoms with van der Waals surface area (Å²) in [6.07, 6.45) is 0.372. The van der Waals surface area contributed by atoms with Crippen molar-refractivity contribution in [2.75, 3.05) is 37.7 Å². The Labute approximate surface area is 164 Å². The summed E-state index contributed by atoms with van der Waals surface area (Å²) < 4.78 is 5.15. The molecule has 1 saturated heterocycles. The van der Waals surface area contributed by atoms with Gasteiger partial charge in [0.15, 0.2) is 0 Å². The maximum Gasteiger partial charge on any atom is 0.340 e. The van der Waals surface area contributed by atoms with Gasteiger partial charge in [-0.25, -0.2) is 4.79 Å². The van der Waals surface area contributed by atoms with Gasteiger partial charge in [0.05, 0.1) is 24.3 Å². The van der Waals surface area contributed by atoms with Crippen LogP contribution in [0.1, 0.15) is 22.8 Å². The van der Waals surface area contributed by atoms with E-state index in [0.717, 1.165) is 11.3 Å². The summed E-state index contributed by atoms with van der Waals surface area (Å²) in [6, 6.07) is 14.8. The smallest absolute Gasteiger partial charge is 0.340 e. The number of anilines is 1. The highest BCUT2D eigenvalue weighted by atomic mass is 35.5. The molecule has 0 atom stereocenters. The predicted molar refractivity (Wildman–Crippen MR) is 106 cm³/mol. The van der Waals surface area contributed by atoms with Gasteiger partial charge in [0.25, 0.3) is 0 Å². The fraction of sp³-hybridized carbons (Fsp3) is 0.333. The van der Waals surface area contributed by atoms with Gasteiger partial charge >= 0.3 is 5.97 Å². The Balaban J connectivity index is 1.61. The molecule has 142 valence electrons. The van der Waals surface area contributed by atoms with Gasteiger partial charge in [0, 0.05) is 31.2 Å². The molecule has 0 unspecified atom stereocenters. The third-order valence-electron chi connectivity index (χ3n) is 4.64. The van der Waals surface area contributed by atoms with Gasteiger partial charge in [-0.05, 0) is 36.8 Å². The Hall–Kier alpha value is -2.53. The lowest BCUT2D eigenvalue weighted by atomic mass is 10.1. The Morgan fingerprint density at radius 3 is 2.33 bits per heavy atom. The number of ether oxygens (including phenoxy) is 1. The number of carbonyl (C=O) groups excluding carboxylic acids is 2. The molecule has 2 aromatic rings. The third kappa shape index (κ3) is 4.80. The lowest BCUT2D eigenvalue weighted by Gasteiger charge is -2.36. The molecule has 1 heterocycles. The van der Waals surface area contributed by atoms with Crippen molar-refractivity contribution in [1.82, 2.24) is 4.90 Å². The molecule has 0 bridgehead atoms.